The van der Waals surface area contributed by atoms with E-state index in [1.165, 1.54) is 18.4 Å². The Balaban J connectivity index is 2.05. The quantitative estimate of drug-likeness (QED) is 0.745. The number of hydrogen-bond donors (Lipinski definition) is 1. The average molecular weight is 357 g/mol. The Morgan fingerprint density at radius 3 is 2.50 bits per heavy atom. The van der Waals surface area contributed by atoms with Gasteiger partial charge < -0.3 is 9.80 Å². The Hall–Kier alpha value is -2.14. The van der Waals surface area contributed by atoms with E-state index in [1.54, 1.807) is 4.90 Å². The summed E-state index contributed by atoms with van der Waals surface area (Å²) in [5, 5.41) is 7.36. The third-order valence-corrected chi connectivity index (χ3v) is 4.82. The second-order valence-corrected chi connectivity index (χ2v) is 7.33. The lowest BCUT2D eigenvalue weighted by Crippen LogP contribution is -2.34. The van der Waals surface area contributed by atoms with E-state index in [-0.39, 0.29) is 11.9 Å². The molecule has 0 atom stereocenters. The molecule has 5 nitrogen and oxygen atoms in total. The summed E-state index contributed by atoms with van der Waals surface area (Å²) < 4.78 is 0. The summed E-state index contributed by atoms with van der Waals surface area (Å²) in [7, 11) is 4.00. The minimum absolute atomic E-state index is 0.146. The minimum Gasteiger partial charge on any atom is -0.343 e. The van der Waals surface area contributed by atoms with Gasteiger partial charge in [0, 0.05) is 25.2 Å². The zero-order valence-corrected chi connectivity index (χ0v) is 16.7. The van der Waals surface area contributed by atoms with E-state index in [9.17, 15) is 4.79 Å². The number of H-pyrrole nitrogens is 1. The third-order valence-electron chi connectivity index (χ3n) is 4.82. The first-order chi connectivity index (χ1) is 12.4. The van der Waals surface area contributed by atoms with Gasteiger partial charge in [-0.2, -0.15) is 5.10 Å². The van der Waals surface area contributed by atoms with Crippen LogP contribution in [0.25, 0.3) is 11.3 Å². The van der Waals surface area contributed by atoms with Gasteiger partial charge >= 0.3 is 0 Å². The molecule has 1 aromatic carbocycles. The van der Waals surface area contributed by atoms with Crippen molar-refractivity contribution in [1.29, 1.82) is 0 Å². The minimum atomic E-state index is 0.146. The van der Waals surface area contributed by atoms with Crippen LogP contribution in [0.4, 0.5) is 0 Å². The first-order valence-corrected chi connectivity index (χ1v) is 9.48. The van der Waals surface area contributed by atoms with E-state index in [1.807, 2.05) is 39.2 Å². The van der Waals surface area contributed by atoms with Gasteiger partial charge in [0.1, 0.15) is 0 Å². The lowest BCUT2D eigenvalue weighted by atomic mass is 10.0. The highest BCUT2D eigenvalue weighted by atomic mass is 16.2. The van der Waals surface area contributed by atoms with Crippen molar-refractivity contribution >= 4 is 5.91 Å². The Morgan fingerprint density at radius 2 is 1.88 bits per heavy atom. The predicted molar refractivity (Wildman–Crippen MR) is 107 cm³/mol. The fourth-order valence-electron chi connectivity index (χ4n) is 2.86. The van der Waals surface area contributed by atoms with Crippen molar-refractivity contribution in [3.8, 4) is 11.3 Å². The molecule has 5 heteroatoms. The molecule has 1 N–H and O–H groups in total. The van der Waals surface area contributed by atoms with Crippen LogP contribution in [0.15, 0.2) is 30.5 Å². The zero-order valence-electron chi connectivity index (χ0n) is 16.7. The monoisotopic (exact) mass is 356 g/mol. The van der Waals surface area contributed by atoms with E-state index >= 15 is 0 Å². The smallest absolute Gasteiger partial charge is 0.226 e. The lowest BCUT2D eigenvalue weighted by molar-refractivity contribution is -0.130. The second kappa shape index (κ2) is 9.53. The van der Waals surface area contributed by atoms with Gasteiger partial charge in [-0.05, 0) is 45.0 Å². The fourth-order valence-corrected chi connectivity index (χ4v) is 2.86. The molecule has 0 unspecified atom stereocenters. The number of aromatic nitrogens is 2. The third kappa shape index (κ3) is 5.43. The topological polar surface area (TPSA) is 52.2 Å². The number of amides is 1. The molecule has 142 valence electrons. The highest BCUT2D eigenvalue weighted by Crippen LogP contribution is 2.23. The SMILES string of the molecule is CCCCN(C)Cc1cn[nH]c1-c1ccc(CC(=O)N(C)C(C)C)cc1. The zero-order chi connectivity index (χ0) is 19.1. The molecule has 0 bridgehead atoms. The molecule has 2 rings (SSSR count). The van der Waals surface area contributed by atoms with Gasteiger partial charge in [-0.15, -0.1) is 0 Å². The first kappa shape index (κ1) is 20.2. The van der Waals surface area contributed by atoms with Crippen LogP contribution in [0.1, 0.15) is 44.7 Å². The summed E-state index contributed by atoms with van der Waals surface area (Å²) in [4.78, 5) is 16.3. The van der Waals surface area contributed by atoms with Gasteiger partial charge in [0.05, 0.1) is 18.3 Å². The van der Waals surface area contributed by atoms with E-state index in [0.717, 1.165) is 29.9 Å². The van der Waals surface area contributed by atoms with E-state index in [2.05, 4.69) is 41.2 Å². The summed E-state index contributed by atoms with van der Waals surface area (Å²) in [6, 6.07) is 8.43. The van der Waals surface area contributed by atoms with Gasteiger partial charge in [-0.25, -0.2) is 0 Å². The molecular formula is C21H32N4O. The maximum Gasteiger partial charge on any atom is 0.226 e. The Kier molecular flexibility index (Phi) is 7.39. The van der Waals surface area contributed by atoms with Gasteiger partial charge in [0.25, 0.3) is 0 Å². The molecule has 0 spiro atoms. The predicted octanol–water partition coefficient (Wildman–Crippen LogP) is 3.72. The number of nitrogens with zero attached hydrogens (tertiary/aromatic N) is 3. The molecule has 2 aromatic rings. The highest BCUT2D eigenvalue weighted by Gasteiger charge is 2.13. The molecule has 1 aromatic heterocycles. The van der Waals surface area contributed by atoms with Gasteiger partial charge in [0.2, 0.25) is 5.91 Å². The van der Waals surface area contributed by atoms with E-state index in [4.69, 9.17) is 0 Å². The first-order valence-electron chi connectivity index (χ1n) is 9.48. The summed E-state index contributed by atoms with van der Waals surface area (Å²) in [5.74, 6) is 0.146. The average Bonchev–Trinajstić information content (AvgIpc) is 3.07. The number of benzene rings is 1. The van der Waals surface area contributed by atoms with Crippen molar-refractivity contribution in [1.82, 2.24) is 20.0 Å². The maximum atomic E-state index is 12.2. The number of nitrogens with one attached hydrogen (secondary N) is 1. The van der Waals surface area contributed by atoms with E-state index in [0.29, 0.717) is 6.42 Å². The van der Waals surface area contributed by atoms with Crippen LogP contribution >= 0.6 is 0 Å². The van der Waals surface area contributed by atoms with E-state index < -0.39 is 0 Å². The largest absolute Gasteiger partial charge is 0.343 e. The summed E-state index contributed by atoms with van der Waals surface area (Å²) in [6.07, 6.45) is 4.75. The van der Waals surface area contributed by atoms with Crippen molar-refractivity contribution in [3.63, 3.8) is 0 Å². The Labute approximate surface area is 157 Å². The fraction of sp³-hybridized carbons (Fsp3) is 0.524. The number of hydrogen-bond acceptors (Lipinski definition) is 3. The van der Waals surface area contributed by atoms with Crippen molar-refractivity contribution in [2.24, 2.45) is 0 Å². The molecule has 0 aliphatic rings. The number of carbonyl (C=O) groups is 1. The van der Waals surface area contributed by atoms with Gasteiger partial charge in [-0.1, -0.05) is 37.6 Å². The number of rotatable bonds is 9. The molecule has 1 heterocycles. The van der Waals surface area contributed by atoms with Crippen LogP contribution in [0.3, 0.4) is 0 Å². The molecule has 0 aliphatic heterocycles. The number of likely N-dealkylation sites (N-methyl/N-ethyl adjacent to an activating group) is 1. The molecule has 26 heavy (non-hydrogen) atoms. The van der Waals surface area contributed by atoms with Crippen LogP contribution in [-0.4, -0.2) is 52.6 Å². The second-order valence-electron chi connectivity index (χ2n) is 7.33. The van der Waals surface area contributed by atoms with Crippen LogP contribution in [-0.2, 0) is 17.8 Å². The maximum absolute atomic E-state index is 12.2. The Bertz CT molecular complexity index is 690. The summed E-state index contributed by atoms with van der Waals surface area (Å²) in [5.41, 5.74) is 4.40. The van der Waals surface area contributed by atoms with Crippen molar-refractivity contribution in [2.75, 3.05) is 20.6 Å². The molecule has 0 aliphatic carbocycles. The highest BCUT2D eigenvalue weighted by molar-refractivity contribution is 5.79. The molecule has 0 saturated carbocycles. The molecular weight excluding hydrogens is 324 g/mol. The molecule has 0 fully saturated rings. The standard InChI is InChI=1S/C21H32N4O/c1-6-7-12-24(4)15-19-14-22-23-21(19)18-10-8-17(9-11-18)13-20(26)25(5)16(2)3/h8-11,14,16H,6-7,12-13,15H2,1-5H3,(H,22,23). The van der Waals surface area contributed by atoms with Crippen molar-refractivity contribution in [3.05, 3.63) is 41.6 Å². The molecule has 0 radical (unpaired) electrons. The molecule has 1 amide bonds. The summed E-state index contributed by atoms with van der Waals surface area (Å²) in [6.45, 7) is 8.23. The van der Waals surface area contributed by atoms with Gasteiger partial charge in [0.15, 0.2) is 0 Å². The Morgan fingerprint density at radius 1 is 1.19 bits per heavy atom. The normalized spacial score (nSPS) is 11.3. The lowest BCUT2D eigenvalue weighted by Gasteiger charge is -2.21. The van der Waals surface area contributed by atoms with Crippen molar-refractivity contribution < 1.29 is 4.79 Å². The summed E-state index contributed by atoms with van der Waals surface area (Å²) >= 11 is 0. The number of aromatic amines is 1. The molecule has 0 saturated heterocycles. The number of carbonyl (C=O) groups excluding carboxylic acids is 1. The van der Waals surface area contributed by atoms with Gasteiger partial charge in [-0.3, -0.25) is 9.89 Å². The number of unbranched alkanes of at least 4 members (excludes halogenated alkanes) is 1. The van der Waals surface area contributed by atoms with Crippen LogP contribution in [0.2, 0.25) is 0 Å². The van der Waals surface area contributed by atoms with Crippen LogP contribution < -0.4 is 0 Å². The van der Waals surface area contributed by atoms with Crippen molar-refractivity contribution in [2.45, 2.75) is 52.6 Å². The van der Waals surface area contributed by atoms with Crippen LogP contribution in [0, 0.1) is 0 Å². The van der Waals surface area contributed by atoms with Crippen LogP contribution in [0.5, 0.6) is 0 Å².